The van der Waals surface area contributed by atoms with Crippen LogP contribution in [0.1, 0.15) is 24.2 Å². The topological polar surface area (TPSA) is 38.1 Å². The first-order valence-corrected chi connectivity index (χ1v) is 9.05. The number of hydrogen-bond acceptors (Lipinski definition) is 2. The highest BCUT2D eigenvalue weighted by molar-refractivity contribution is 6.30. The van der Waals surface area contributed by atoms with Gasteiger partial charge in [0.25, 0.3) is 0 Å². The van der Waals surface area contributed by atoms with Crippen LogP contribution >= 0.6 is 11.6 Å². The lowest BCUT2D eigenvalue weighted by atomic mass is 10.1. The van der Waals surface area contributed by atoms with Crippen LogP contribution < -0.4 is 0 Å². The predicted molar refractivity (Wildman–Crippen MR) is 99.8 cm³/mol. The summed E-state index contributed by atoms with van der Waals surface area (Å²) in [7, 11) is 0. The molecule has 2 aromatic carbocycles. The van der Waals surface area contributed by atoms with Gasteiger partial charge in [-0.15, -0.1) is 0 Å². The zero-order valence-corrected chi connectivity index (χ0v) is 14.7. The quantitative estimate of drug-likeness (QED) is 0.713. The third-order valence-corrected chi connectivity index (χ3v) is 5.01. The van der Waals surface area contributed by atoms with Crippen LogP contribution in [0.3, 0.4) is 0 Å². The second kappa shape index (κ2) is 6.89. The van der Waals surface area contributed by atoms with Gasteiger partial charge in [0.15, 0.2) is 0 Å². The van der Waals surface area contributed by atoms with Crippen LogP contribution in [0, 0.1) is 0 Å². The fourth-order valence-electron chi connectivity index (χ4n) is 3.42. The van der Waals surface area contributed by atoms with Crippen molar-refractivity contribution in [3.8, 4) is 0 Å². The van der Waals surface area contributed by atoms with E-state index in [2.05, 4.69) is 4.57 Å². The highest BCUT2D eigenvalue weighted by atomic mass is 35.5. The summed E-state index contributed by atoms with van der Waals surface area (Å²) in [5.74, 6) is 1.09. The molecule has 0 unspecified atom stereocenters. The molecule has 1 aromatic heterocycles. The Kier molecular flexibility index (Phi) is 4.45. The Labute approximate surface area is 152 Å². The van der Waals surface area contributed by atoms with Gasteiger partial charge in [0.2, 0.25) is 5.91 Å². The lowest BCUT2D eigenvalue weighted by Crippen LogP contribution is -2.31. The molecule has 1 amide bonds. The molecule has 0 saturated carbocycles. The van der Waals surface area contributed by atoms with Crippen LogP contribution in [-0.2, 0) is 17.8 Å². The number of halogens is 1. The minimum atomic E-state index is 0.179. The molecule has 3 aromatic rings. The van der Waals surface area contributed by atoms with Gasteiger partial charge in [0.1, 0.15) is 12.4 Å². The van der Waals surface area contributed by atoms with Crippen LogP contribution in [0.5, 0.6) is 0 Å². The first kappa shape index (κ1) is 16.2. The molecule has 0 aliphatic carbocycles. The van der Waals surface area contributed by atoms with Crippen molar-refractivity contribution in [2.75, 3.05) is 13.1 Å². The fraction of sp³-hybridized carbons (Fsp3) is 0.300. The summed E-state index contributed by atoms with van der Waals surface area (Å²) in [6.07, 6.45) is 2.89. The smallest absolute Gasteiger partial charge is 0.242 e. The van der Waals surface area contributed by atoms with Gasteiger partial charge in [-0.3, -0.25) is 4.79 Å². The van der Waals surface area contributed by atoms with Crippen molar-refractivity contribution < 1.29 is 4.79 Å². The maximum atomic E-state index is 12.7. The number of carbonyl (C=O) groups is 1. The molecule has 2 heterocycles. The van der Waals surface area contributed by atoms with E-state index in [0.717, 1.165) is 53.4 Å². The molecule has 0 radical (unpaired) electrons. The van der Waals surface area contributed by atoms with Crippen molar-refractivity contribution >= 4 is 28.5 Å². The Morgan fingerprint density at radius 2 is 1.76 bits per heavy atom. The minimum Gasteiger partial charge on any atom is -0.341 e. The van der Waals surface area contributed by atoms with Crippen molar-refractivity contribution in [3.05, 3.63) is 64.9 Å². The van der Waals surface area contributed by atoms with Gasteiger partial charge in [-0.05, 0) is 42.7 Å². The molecule has 0 bridgehead atoms. The van der Waals surface area contributed by atoms with E-state index in [1.807, 2.05) is 53.4 Å². The van der Waals surface area contributed by atoms with Crippen LogP contribution in [0.15, 0.2) is 48.5 Å². The lowest BCUT2D eigenvalue weighted by molar-refractivity contribution is -0.130. The Bertz CT molecular complexity index is 895. The van der Waals surface area contributed by atoms with Gasteiger partial charge >= 0.3 is 0 Å². The summed E-state index contributed by atoms with van der Waals surface area (Å²) in [6, 6.07) is 15.8. The summed E-state index contributed by atoms with van der Waals surface area (Å²) in [5, 5.41) is 0.724. The maximum absolute atomic E-state index is 12.7. The molecule has 0 atom stereocenters. The van der Waals surface area contributed by atoms with E-state index in [1.165, 1.54) is 0 Å². The number of para-hydroxylation sites is 2. The Hall–Kier alpha value is -2.33. The number of imidazole rings is 1. The zero-order valence-electron chi connectivity index (χ0n) is 14.0. The molecule has 1 aliphatic heterocycles. The number of benzene rings is 2. The van der Waals surface area contributed by atoms with Crippen LogP contribution in [-0.4, -0.2) is 33.4 Å². The van der Waals surface area contributed by atoms with Gasteiger partial charge in [0.05, 0.1) is 11.0 Å². The summed E-state index contributed by atoms with van der Waals surface area (Å²) in [6.45, 7) is 2.10. The van der Waals surface area contributed by atoms with E-state index in [-0.39, 0.29) is 5.91 Å². The Morgan fingerprint density at radius 3 is 2.52 bits per heavy atom. The zero-order chi connectivity index (χ0) is 17.2. The molecule has 128 valence electrons. The number of carbonyl (C=O) groups excluding carboxylic acids is 1. The fourth-order valence-corrected chi connectivity index (χ4v) is 3.55. The number of rotatable bonds is 4. The van der Waals surface area contributed by atoms with E-state index in [1.54, 1.807) is 0 Å². The number of fused-ring (bicyclic) bond motifs is 1. The second-order valence-electron chi connectivity index (χ2n) is 6.49. The van der Waals surface area contributed by atoms with E-state index in [9.17, 15) is 4.79 Å². The van der Waals surface area contributed by atoms with Crippen molar-refractivity contribution in [1.82, 2.24) is 14.5 Å². The van der Waals surface area contributed by atoms with Crippen molar-refractivity contribution in [3.63, 3.8) is 0 Å². The number of aromatic nitrogens is 2. The first-order chi connectivity index (χ1) is 12.2. The Balaban J connectivity index is 1.67. The van der Waals surface area contributed by atoms with E-state index in [4.69, 9.17) is 16.6 Å². The van der Waals surface area contributed by atoms with Crippen molar-refractivity contribution in [1.29, 1.82) is 0 Å². The standard InChI is InChI=1S/C20H20ClN3O/c21-16-9-7-15(8-10-16)13-19-22-17-5-1-2-6-18(17)24(19)14-20(25)23-11-3-4-12-23/h1-2,5-10H,3-4,11-14H2. The molecule has 4 rings (SSSR count). The van der Waals surface area contributed by atoms with Crippen LogP contribution in [0.4, 0.5) is 0 Å². The first-order valence-electron chi connectivity index (χ1n) is 8.67. The highest BCUT2D eigenvalue weighted by Gasteiger charge is 2.20. The molecular weight excluding hydrogens is 334 g/mol. The Morgan fingerprint density at radius 1 is 1.04 bits per heavy atom. The third-order valence-electron chi connectivity index (χ3n) is 4.76. The van der Waals surface area contributed by atoms with Crippen LogP contribution in [0.25, 0.3) is 11.0 Å². The van der Waals surface area contributed by atoms with Gasteiger partial charge in [-0.2, -0.15) is 0 Å². The molecule has 0 spiro atoms. The average molecular weight is 354 g/mol. The van der Waals surface area contributed by atoms with Crippen molar-refractivity contribution in [2.45, 2.75) is 25.8 Å². The van der Waals surface area contributed by atoms with Crippen LogP contribution in [0.2, 0.25) is 5.02 Å². The molecule has 5 heteroatoms. The summed E-state index contributed by atoms with van der Waals surface area (Å²) in [5.41, 5.74) is 3.08. The summed E-state index contributed by atoms with van der Waals surface area (Å²) >= 11 is 5.98. The van der Waals surface area contributed by atoms with Gasteiger partial charge < -0.3 is 9.47 Å². The van der Waals surface area contributed by atoms with E-state index >= 15 is 0 Å². The highest BCUT2D eigenvalue weighted by Crippen LogP contribution is 2.20. The molecular formula is C20H20ClN3O. The van der Waals surface area contributed by atoms with E-state index < -0.39 is 0 Å². The minimum absolute atomic E-state index is 0.179. The molecule has 1 saturated heterocycles. The number of hydrogen-bond donors (Lipinski definition) is 0. The van der Waals surface area contributed by atoms with Crippen molar-refractivity contribution in [2.24, 2.45) is 0 Å². The summed E-state index contributed by atoms with van der Waals surface area (Å²) in [4.78, 5) is 19.4. The largest absolute Gasteiger partial charge is 0.341 e. The maximum Gasteiger partial charge on any atom is 0.242 e. The predicted octanol–water partition coefficient (Wildman–Crippen LogP) is 3.90. The van der Waals surface area contributed by atoms with E-state index in [0.29, 0.717) is 13.0 Å². The molecule has 25 heavy (non-hydrogen) atoms. The van der Waals surface area contributed by atoms with Gasteiger partial charge in [-0.1, -0.05) is 35.9 Å². The lowest BCUT2D eigenvalue weighted by Gasteiger charge is -2.17. The molecule has 1 fully saturated rings. The monoisotopic (exact) mass is 353 g/mol. The molecule has 1 aliphatic rings. The number of likely N-dealkylation sites (tertiary alicyclic amines) is 1. The summed E-state index contributed by atoms with van der Waals surface area (Å²) < 4.78 is 2.06. The molecule has 0 N–H and O–H groups in total. The second-order valence-corrected chi connectivity index (χ2v) is 6.93. The number of amides is 1. The van der Waals surface area contributed by atoms with Gasteiger partial charge in [-0.25, -0.2) is 4.98 Å². The molecule has 4 nitrogen and oxygen atoms in total. The number of nitrogens with zero attached hydrogens (tertiary/aromatic N) is 3. The third kappa shape index (κ3) is 3.40. The average Bonchev–Trinajstić information content (AvgIpc) is 3.26. The van der Waals surface area contributed by atoms with Gasteiger partial charge in [0, 0.05) is 24.5 Å². The normalized spacial score (nSPS) is 14.4. The SMILES string of the molecule is O=C(Cn1c(Cc2ccc(Cl)cc2)nc2ccccc21)N1CCCC1.